The van der Waals surface area contributed by atoms with E-state index in [1.54, 1.807) is 0 Å². The van der Waals surface area contributed by atoms with Crippen molar-refractivity contribution >= 4 is 17.2 Å². The molecule has 0 aromatic heterocycles. The van der Waals surface area contributed by atoms with Crippen LogP contribution in [-0.2, 0) is 9.05 Å². The normalized spacial score (nSPS) is 11.1. The lowest BCUT2D eigenvalue weighted by molar-refractivity contribution is 0.139. The minimum absolute atomic E-state index is 0.0230. The first-order valence-electron chi connectivity index (χ1n) is 3.95. The lowest BCUT2D eigenvalue weighted by atomic mass is 10.5. The topological polar surface area (TPSA) is 99.4 Å². The SMILES string of the molecule is CC(C)OP(O)OC(C)C.OP(O)O. The zero-order chi connectivity index (χ0) is 11.7. The molecule has 0 radical (unpaired) electrons. The molecule has 0 spiro atoms. The van der Waals surface area contributed by atoms with Crippen molar-refractivity contribution in [2.45, 2.75) is 39.9 Å². The molecular formula is C6H18O6P2. The van der Waals surface area contributed by atoms with Crippen molar-refractivity contribution in [3.63, 3.8) is 0 Å². The van der Waals surface area contributed by atoms with Crippen molar-refractivity contribution in [1.29, 1.82) is 0 Å². The second-order valence-electron chi connectivity index (χ2n) is 2.81. The van der Waals surface area contributed by atoms with Crippen molar-refractivity contribution in [2.24, 2.45) is 0 Å². The summed E-state index contributed by atoms with van der Waals surface area (Å²) in [5.74, 6) is 0. The van der Waals surface area contributed by atoms with Gasteiger partial charge in [0.05, 0.1) is 12.2 Å². The first-order chi connectivity index (χ1) is 6.25. The summed E-state index contributed by atoms with van der Waals surface area (Å²) in [7, 11) is -4.28. The molecule has 0 aromatic rings. The molecule has 0 amide bonds. The standard InChI is InChI=1S/C6H15O3P.H3O3P/c1-5(2)8-10(7)9-6(3)4;1-4(2)3/h5-7H,1-4H3;1-3H. The fraction of sp³-hybridized carbons (Fsp3) is 1.00. The molecule has 14 heavy (non-hydrogen) atoms. The van der Waals surface area contributed by atoms with E-state index in [1.165, 1.54) is 0 Å². The van der Waals surface area contributed by atoms with Crippen LogP contribution >= 0.6 is 17.2 Å². The minimum Gasteiger partial charge on any atom is -0.328 e. The molecule has 0 aliphatic carbocycles. The summed E-state index contributed by atoms with van der Waals surface area (Å²) >= 11 is 0. The monoisotopic (exact) mass is 248 g/mol. The van der Waals surface area contributed by atoms with Gasteiger partial charge in [0.2, 0.25) is 0 Å². The van der Waals surface area contributed by atoms with Crippen LogP contribution in [0.2, 0.25) is 0 Å². The first-order valence-corrected chi connectivity index (χ1v) is 6.28. The fourth-order valence-electron chi connectivity index (χ4n) is 0.386. The lowest BCUT2D eigenvalue weighted by Gasteiger charge is -2.14. The fourth-order valence-corrected chi connectivity index (χ4v) is 1.16. The van der Waals surface area contributed by atoms with Gasteiger partial charge in [-0.05, 0) is 27.7 Å². The van der Waals surface area contributed by atoms with Crippen molar-refractivity contribution in [2.75, 3.05) is 0 Å². The van der Waals surface area contributed by atoms with Crippen LogP contribution in [0.1, 0.15) is 27.7 Å². The van der Waals surface area contributed by atoms with Crippen LogP contribution in [0, 0.1) is 0 Å². The molecule has 0 unspecified atom stereocenters. The Morgan fingerprint density at radius 1 is 0.786 bits per heavy atom. The van der Waals surface area contributed by atoms with E-state index >= 15 is 0 Å². The highest BCUT2D eigenvalue weighted by atomic mass is 31.2. The van der Waals surface area contributed by atoms with Gasteiger partial charge in [-0.25, -0.2) is 0 Å². The summed E-state index contributed by atoms with van der Waals surface area (Å²) in [4.78, 5) is 30.7. The van der Waals surface area contributed by atoms with Crippen LogP contribution < -0.4 is 0 Å². The Morgan fingerprint density at radius 2 is 1.00 bits per heavy atom. The average molecular weight is 248 g/mol. The zero-order valence-corrected chi connectivity index (χ0v) is 10.4. The van der Waals surface area contributed by atoms with Gasteiger partial charge >= 0.3 is 17.2 Å². The van der Waals surface area contributed by atoms with Gasteiger partial charge in [-0.1, -0.05) is 0 Å². The zero-order valence-electron chi connectivity index (χ0n) is 8.65. The number of hydrogen-bond donors (Lipinski definition) is 4. The summed E-state index contributed by atoms with van der Waals surface area (Å²) in [6.07, 6.45) is 0.0460. The van der Waals surface area contributed by atoms with Gasteiger partial charge in [-0.15, -0.1) is 0 Å². The molecule has 0 rings (SSSR count). The Hall–Kier alpha value is 0.620. The van der Waals surface area contributed by atoms with E-state index in [1.807, 2.05) is 27.7 Å². The van der Waals surface area contributed by atoms with E-state index in [9.17, 15) is 0 Å². The van der Waals surface area contributed by atoms with Crippen molar-refractivity contribution < 1.29 is 28.6 Å². The molecule has 0 aliphatic heterocycles. The van der Waals surface area contributed by atoms with Crippen LogP contribution in [0.3, 0.4) is 0 Å². The summed E-state index contributed by atoms with van der Waals surface area (Å²) in [6, 6.07) is 0. The Balaban J connectivity index is 0. The van der Waals surface area contributed by atoms with E-state index in [4.69, 9.17) is 28.6 Å². The largest absolute Gasteiger partial charge is 0.330 e. The van der Waals surface area contributed by atoms with Crippen LogP contribution in [0.5, 0.6) is 0 Å². The Bertz CT molecular complexity index is 108. The summed E-state index contributed by atoms with van der Waals surface area (Å²) in [6.45, 7) is 7.43. The van der Waals surface area contributed by atoms with Gasteiger partial charge in [0, 0.05) is 0 Å². The van der Waals surface area contributed by atoms with Gasteiger partial charge in [-0.2, -0.15) is 0 Å². The van der Waals surface area contributed by atoms with E-state index in [0.717, 1.165) is 0 Å². The van der Waals surface area contributed by atoms with Gasteiger partial charge in [0.15, 0.2) is 0 Å². The molecule has 6 nitrogen and oxygen atoms in total. The summed E-state index contributed by atoms with van der Waals surface area (Å²) < 4.78 is 9.92. The van der Waals surface area contributed by atoms with Gasteiger partial charge in [0.25, 0.3) is 0 Å². The smallest absolute Gasteiger partial charge is 0.328 e. The third-order valence-corrected chi connectivity index (χ3v) is 1.81. The quantitative estimate of drug-likeness (QED) is 0.559. The number of rotatable bonds is 4. The highest BCUT2D eigenvalue weighted by Crippen LogP contribution is 2.35. The van der Waals surface area contributed by atoms with E-state index in [-0.39, 0.29) is 12.2 Å². The average Bonchev–Trinajstić information content (AvgIpc) is 1.79. The second kappa shape index (κ2) is 10.1. The molecule has 0 bridgehead atoms. The molecule has 0 heterocycles. The predicted octanol–water partition coefficient (Wildman–Crippen LogP) is 1.25. The van der Waals surface area contributed by atoms with Gasteiger partial charge in [0.1, 0.15) is 0 Å². The molecule has 0 aromatic carbocycles. The molecule has 0 atom stereocenters. The van der Waals surface area contributed by atoms with Crippen LogP contribution in [-0.4, -0.2) is 31.8 Å². The summed E-state index contributed by atoms with van der Waals surface area (Å²) in [5.41, 5.74) is 0. The van der Waals surface area contributed by atoms with Crippen LogP contribution in [0.15, 0.2) is 0 Å². The third-order valence-electron chi connectivity index (χ3n) is 0.602. The molecule has 0 saturated heterocycles. The molecular weight excluding hydrogens is 230 g/mol. The maximum Gasteiger partial charge on any atom is 0.330 e. The Morgan fingerprint density at radius 3 is 1.14 bits per heavy atom. The summed E-state index contributed by atoms with van der Waals surface area (Å²) in [5, 5.41) is 0. The minimum atomic E-state index is -2.62. The molecule has 8 heteroatoms. The Labute approximate surface area is 86.5 Å². The molecule has 0 saturated carbocycles. The van der Waals surface area contributed by atoms with Crippen LogP contribution in [0.4, 0.5) is 0 Å². The number of hydrogen-bond acceptors (Lipinski definition) is 6. The molecule has 0 fully saturated rings. The highest BCUT2D eigenvalue weighted by molar-refractivity contribution is 7.40. The van der Waals surface area contributed by atoms with Crippen molar-refractivity contribution in [3.8, 4) is 0 Å². The van der Waals surface area contributed by atoms with E-state index < -0.39 is 17.2 Å². The first kappa shape index (κ1) is 17.0. The third kappa shape index (κ3) is 22.9. The van der Waals surface area contributed by atoms with Gasteiger partial charge in [-0.3, -0.25) is 0 Å². The van der Waals surface area contributed by atoms with E-state index in [0.29, 0.717) is 0 Å². The Kier molecular flexibility index (Phi) is 12.3. The molecule has 0 aliphatic rings. The highest BCUT2D eigenvalue weighted by Gasteiger charge is 2.10. The maximum atomic E-state index is 9.01. The predicted molar refractivity (Wildman–Crippen MR) is 55.2 cm³/mol. The van der Waals surface area contributed by atoms with Gasteiger partial charge < -0.3 is 28.6 Å². The van der Waals surface area contributed by atoms with Crippen molar-refractivity contribution in [3.05, 3.63) is 0 Å². The van der Waals surface area contributed by atoms with E-state index in [2.05, 4.69) is 0 Å². The van der Waals surface area contributed by atoms with Crippen molar-refractivity contribution in [1.82, 2.24) is 0 Å². The second-order valence-corrected chi connectivity index (χ2v) is 4.25. The molecule has 88 valence electrons. The maximum absolute atomic E-state index is 9.01. The lowest BCUT2D eigenvalue weighted by Crippen LogP contribution is -2.03. The molecule has 4 N–H and O–H groups in total. The van der Waals surface area contributed by atoms with Crippen LogP contribution in [0.25, 0.3) is 0 Å².